The van der Waals surface area contributed by atoms with Crippen molar-refractivity contribution in [2.45, 2.75) is 6.18 Å². The highest BCUT2D eigenvalue weighted by Gasteiger charge is 2.30. The van der Waals surface area contributed by atoms with Gasteiger partial charge in [0.2, 0.25) is 0 Å². The molecule has 0 fully saturated rings. The van der Waals surface area contributed by atoms with Crippen LogP contribution in [0.5, 0.6) is 0 Å². The van der Waals surface area contributed by atoms with Gasteiger partial charge in [-0.25, -0.2) is 4.39 Å². The van der Waals surface area contributed by atoms with Crippen LogP contribution in [0.2, 0.25) is 0 Å². The largest absolute Gasteiger partial charge is 0.416 e. The molecule has 0 atom stereocenters. The lowest BCUT2D eigenvalue weighted by atomic mass is 10.1. The second-order valence-electron chi connectivity index (χ2n) is 4.01. The third kappa shape index (κ3) is 3.14. The number of halogens is 4. The van der Waals surface area contributed by atoms with Crippen molar-refractivity contribution in [1.82, 2.24) is 0 Å². The van der Waals surface area contributed by atoms with Crippen LogP contribution in [0.4, 0.5) is 23.2 Å². The summed E-state index contributed by atoms with van der Waals surface area (Å²) in [5.74, 6) is -1.54. The number of nitrogens with one attached hydrogen (secondary N) is 1. The SMILES string of the molecule is O=C(Nc1cccc(C(F)(F)F)c1)c1ccccc1F. The van der Waals surface area contributed by atoms with Gasteiger partial charge in [0.25, 0.3) is 5.91 Å². The summed E-state index contributed by atoms with van der Waals surface area (Å²) in [6.07, 6.45) is -4.50. The summed E-state index contributed by atoms with van der Waals surface area (Å²) in [4.78, 5) is 11.8. The topological polar surface area (TPSA) is 29.1 Å². The summed E-state index contributed by atoms with van der Waals surface area (Å²) in [6.45, 7) is 0. The fourth-order valence-electron chi connectivity index (χ4n) is 1.62. The molecular formula is C14H9F4NO. The van der Waals surface area contributed by atoms with E-state index in [4.69, 9.17) is 0 Å². The molecule has 0 bridgehead atoms. The van der Waals surface area contributed by atoms with Crippen molar-refractivity contribution in [3.8, 4) is 0 Å². The maximum Gasteiger partial charge on any atom is 0.416 e. The molecule has 0 saturated carbocycles. The van der Waals surface area contributed by atoms with Crippen molar-refractivity contribution in [3.05, 3.63) is 65.5 Å². The molecule has 0 aliphatic carbocycles. The molecule has 0 aliphatic heterocycles. The van der Waals surface area contributed by atoms with E-state index < -0.39 is 23.5 Å². The molecule has 0 unspecified atom stereocenters. The lowest BCUT2D eigenvalue weighted by Gasteiger charge is -2.10. The molecule has 6 heteroatoms. The van der Waals surface area contributed by atoms with Gasteiger partial charge in [0.15, 0.2) is 0 Å². The minimum absolute atomic E-state index is 0.0481. The Morgan fingerprint density at radius 2 is 1.70 bits per heavy atom. The standard InChI is InChI=1S/C14H9F4NO/c15-12-7-2-1-6-11(12)13(20)19-10-5-3-4-9(8-10)14(16,17)18/h1-8H,(H,19,20). The summed E-state index contributed by atoms with van der Waals surface area (Å²) < 4.78 is 50.9. The van der Waals surface area contributed by atoms with Gasteiger partial charge in [0.1, 0.15) is 5.82 Å². The number of benzene rings is 2. The summed E-state index contributed by atoms with van der Waals surface area (Å²) in [7, 11) is 0. The Labute approximate surface area is 112 Å². The van der Waals surface area contributed by atoms with Gasteiger partial charge in [-0.15, -0.1) is 0 Å². The van der Waals surface area contributed by atoms with E-state index in [1.807, 2.05) is 0 Å². The van der Waals surface area contributed by atoms with E-state index in [9.17, 15) is 22.4 Å². The van der Waals surface area contributed by atoms with E-state index in [-0.39, 0.29) is 11.3 Å². The second-order valence-corrected chi connectivity index (χ2v) is 4.01. The van der Waals surface area contributed by atoms with Crippen molar-refractivity contribution in [2.24, 2.45) is 0 Å². The maximum absolute atomic E-state index is 13.4. The number of hydrogen-bond donors (Lipinski definition) is 1. The molecule has 2 aromatic carbocycles. The fourth-order valence-corrected chi connectivity index (χ4v) is 1.62. The molecule has 0 saturated heterocycles. The normalized spacial score (nSPS) is 11.2. The number of alkyl halides is 3. The van der Waals surface area contributed by atoms with Crippen LogP contribution in [0.25, 0.3) is 0 Å². The molecular weight excluding hydrogens is 274 g/mol. The first-order valence-corrected chi connectivity index (χ1v) is 5.61. The van der Waals surface area contributed by atoms with Crippen LogP contribution in [0.3, 0.4) is 0 Å². The summed E-state index contributed by atoms with van der Waals surface area (Å²) >= 11 is 0. The van der Waals surface area contributed by atoms with Gasteiger partial charge in [-0.05, 0) is 30.3 Å². The lowest BCUT2D eigenvalue weighted by molar-refractivity contribution is -0.137. The molecule has 1 amide bonds. The Morgan fingerprint density at radius 1 is 1.00 bits per heavy atom. The number of rotatable bonds is 2. The molecule has 2 rings (SSSR count). The van der Waals surface area contributed by atoms with Gasteiger partial charge in [-0.2, -0.15) is 13.2 Å². The average Bonchev–Trinajstić information content (AvgIpc) is 2.38. The number of amides is 1. The van der Waals surface area contributed by atoms with Crippen molar-refractivity contribution in [1.29, 1.82) is 0 Å². The zero-order valence-corrected chi connectivity index (χ0v) is 10.0. The summed E-state index contributed by atoms with van der Waals surface area (Å²) in [5, 5.41) is 2.23. The highest BCUT2D eigenvalue weighted by Crippen LogP contribution is 2.30. The predicted octanol–water partition coefficient (Wildman–Crippen LogP) is 4.10. The molecule has 0 aromatic heterocycles. The first-order valence-electron chi connectivity index (χ1n) is 5.61. The second kappa shape index (κ2) is 5.32. The minimum Gasteiger partial charge on any atom is -0.322 e. The Bertz CT molecular complexity index is 637. The lowest BCUT2D eigenvalue weighted by Crippen LogP contribution is -2.14. The Kier molecular flexibility index (Phi) is 3.74. The summed E-state index contributed by atoms with van der Waals surface area (Å²) in [6, 6.07) is 9.37. The van der Waals surface area contributed by atoms with E-state index >= 15 is 0 Å². The average molecular weight is 283 g/mol. The molecule has 2 nitrogen and oxygen atoms in total. The monoisotopic (exact) mass is 283 g/mol. The van der Waals surface area contributed by atoms with Crippen LogP contribution in [-0.4, -0.2) is 5.91 Å². The number of anilines is 1. The third-order valence-electron chi connectivity index (χ3n) is 2.57. The van der Waals surface area contributed by atoms with Gasteiger partial charge < -0.3 is 5.32 Å². The van der Waals surface area contributed by atoms with Crippen molar-refractivity contribution < 1.29 is 22.4 Å². The minimum atomic E-state index is -4.50. The van der Waals surface area contributed by atoms with E-state index in [0.717, 1.165) is 18.2 Å². The molecule has 104 valence electrons. The van der Waals surface area contributed by atoms with Gasteiger partial charge in [0, 0.05) is 5.69 Å². The Morgan fingerprint density at radius 3 is 2.35 bits per heavy atom. The quantitative estimate of drug-likeness (QED) is 0.826. The molecule has 0 aliphatic rings. The maximum atomic E-state index is 13.4. The number of hydrogen-bond acceptors (Lipinski definition) is 1. The zero-order valence-electron chi connectivity index (χ0n) is 10.0. The van der Waals surface area contributed by atoms with Crippen LogP contribution >= 0.6 is 0 Å². The van der Waals surface area contributed by atoms with E-state index in [1.165, 1.54) is 30.3 Å². The first kappa shape index (κ1) is 14.0. The fraction of sp³-hybridized carbons (Fsp3) is 0.0714. The van der Waals surface area contributed by atoms with Crippen molar-refractivity contribution in [3.63, 3.8) is 0 Å². The summed E-state index contributed by atoms with van der Waals surface area (Å²) in [5.41, 5.74) is -1.16. The molecule has 0 radical (unpaired) electrons. The highest BCUT2D eigenvalue weighted by atomic mass is 19.4. The Balaban J connectivity index is 2.23. The van der Waals surface area contributed by atoms with Crippen molar-refractivity contribution in [2.75, 3.05) is 5.32 Å². The first-order chi connectivity index (χ1) is 9.38. The molecule has 20 heavy (non-hydrogen) atoms. The van der Waals surface area contributed by atoms with E-state index in [2.05, 4.69) is 5.32 Å². The van der Waals surface area contributed by atoms with Crippen molar-refractivity contribution >= 4 is 11.6 Å². The van der Waals surface area contributed by atoms with Crippen LogP contribution in [0.1, 0.15) is 15.9 Å². The van der Waals surface area contributed by atoms with E-state index in [0.29, 0.717) is 0 Å². The van der Waals surface area contributed by atoms with Gasteiger partial charge in [-0.1, -0.05) is 18.2 Å². The molecule has 1 N–H and O–H groups in total. The van der Waals surface area contributed by atoms with Crippen LogP contribution < -0.4 is 5.32 Å². The molecule has 0 heterocycles. The van der Waals surface area contributed by atoms with Gasteiger partial charge >= 0.3 is 6.18 Å². The molecule has 2 aromatic rings. The number of carbonyl (C=O) groups is 1. The van der Waals surface area contributed by atoms with Crippen LogP contribution in [-0.2, 0) is 6.18 Å². The smallest absolute Gasteiger partial charge is 0.322 e. The Hall–Kier alpha value is -2.37. The van der Waals surface area contributed by atoms with Crippen LogP contribution in [0, 0.1) is 5.82 Å². The van der Waals surface area contributed by atoms with Gasteiger partial charge in [-0.3, -0.25) is 4.79 Å². The molecule has 0 spiro atoms. The predicted molar refractivity (Wildman–Crippen MR) is 65.8 cm³/mol. The number of carbonyl (C=O) groups excluding carboxylic acids is 1. The van der Waals surface area contributed by atoms with E-state index in [1.54, 1.807) is 0 Å². The zero-order chi connectivity index (χ0) is 14.8. The third-order valence-corrected chi connectivity index (χ3v) is 2.57. The van der Waals surface area contributed by atoms with Crippen LogP contribution in [0.15, 0.2) is 48.5 Å². The highest BCUT2D eigenvalue weighted by molar-refractivity contribution is 6.04. The van der Waals surface area contributed by atoms with Gasteiger partial charge in [0.05, 0.1) is 11.1 Å².